The van der Waals surface area contributed by atoms with Gasteiger partial charge in [0.05, 0.1) is 24.4 Å². The fourth-order valence-electron chi connectivity index (χ4n) is 1.48. The molecule has 2 atom stereocenters. The van der Waals surface area contributed by atoms with E-state index < -0.39 is 6.29 Å². The molecule has 2 rings (SSSR count). The molecule has 0 N–H and O–H groups in total. The predicted molar refractivity (Wildman–Crippen MR) is 48.4 cm³/mol. The molecule has 0 saturated carbocycles. The van der Waals surface area contributed by atoms with Gasteiger partial charge in [0.25, 0.3) is 0 Å². The smallest absolute Gasteiger partial charge is 0.337 e. The molecular formula is C10H12O5. The van der Waals surface area contributed by atoms with Crippen LogP contribution >= 0.6 is 0 Å². The fraction of sp³-hybridized carbons (Fsp3) is 0.600. The van der Waals surface area contributed by atoms with Crippen molar-refractivity contribution in [2.24, 2.45) is 5.92 Å². The van der Waals surface area contributed by atoms with Crippen molar-refractivity contribution in [1.29, 1.82) is 0 Å². The molecule has 0 radical (unpaired) electrons. The zero-order chi connectivity index (χ0) is 10.8. The van der Waals surface area contributed by atoms with Crippen LogP contribution in [0.25, 0.3) is 0 Å². The van der Waals surface area contributed by atoms with Crippen LogP contribution in [0, 0.1) is 5.92 Å². The van der Waals surface area contributed by atoms with E-state index in [1.165, 1.54) is 6.26 Å². The molecule has 82 valence electrons. The minimum absolute atomic E-state index is 0.135. The van der Waals surface area contributed by atoms with Gasteiger partial charge in [-0.2, -0.15) is 0 Å². The van der Waals surface area contributed by atoms with E-state index in [4.69, 9.17) is 14.2 Å². The maximum atomic E-state index is 11.0. The summed E-state index contributed by atoms with van der Waals surface area (Å²) in [4.78, 5) is 22.1. The van der Waals surface area contributed by atoms with Crippen molar-refractivity contribution in [2.45, 2.75) is 26.1 Å². The van der Waals surface area contributed by atoms with Gasteiger partial charge in [0.1, 0.15) is 0 Å². The second-order valence-electron chi connectivity index (χ2n) is 3.67. The number of cyclic esters (lactones) is 2. The maximum absolute atomic E-state index is 11.0. The lowest BCUT2D eigenvalue weighted by Crippen LogP contribution is -2.09. The highest BCUT2D eigenvalue weighted by molar-refractivity contribution is 5.89. The first-order chi connectivity index (χ1) is 7.16. The Bertz CT molecular complexity index is 320. The van der Waals surface area contributed by atoms with Crippen LogP contribution in [0.2, 0.25) is 0 Å². The third kappa shape index (κ3) is 2.11. The van der Waals surface area contributed by atoms with Gasteiger partial charge >= 0.3 is 11.9 Å². The fourth-order valence-corrected chi connectivity index (χ4v) is 1.48. The molecule has 0 aromatic carbocycles. The van der Waals surface area contributed by atoms with Crippen molar-refractivity contribution in [2.75, 3.05) is 6.61 Å². The number of carbonyl (C=O) groups excluding carboxylic acids is 2. The van der Waals surface area contributed by atoms with Crippen molar-refractivity contribution < 1.29 is 23.8 Å². The Balaban J connectivity index is 1.88. The van der Waals surface area contributed by atoms with Crippen LogP contribution < -0.4 is 0 Å². The van der Waals surface area contributed by atoms with Crippen LogP contribution in [0.1, 0.15) is 19.8 Å². The molecular weight excluding hydrogens is 200 g/mol. The van der Waals surface area contributed by atoms with Crippen LogP contribution in [-0.4, -0.2) is 24.8 Å². The molecule has 0 aromatic rings. The summed E-state index contributed by atoms with van der Waals surface area (Å²) in [7, 11) is 0. The molecule has 2 unspecified atom stereocenters. The lowest BCUT2D eigenvalue weighted by Gasteiger charge is -2.07. The van der Waals surface area contributed by atoms with E-state index in [-0.39, 0.29) is 17.9 Å². The quantitative estimate of drug-likeness (QED) is 0.384. The van der Waals surface area contributed by atoms with Crippen LogP contribution in [0.3, 0.4) is 0 Å². The molecule has 0 amide bonds. The van der Waals surface area contributed by atoms with Crippen molar-refractivity contribution in [3.63, 3.8) is 0 Å². The molecule has 0 bridgehead atoms. The van der Waals surface area contributed by atoms with E-state index in [0.717, 1.165) is 0 Å². The van der Waals surface area contributed by atoms with Gasteiger partial charge in [-0.3, -0.25) is 4.79 Å². The normalized spacial score (nSPS) is 33.0. The van der Waals surface area contributed by atoms with Gasteiger partial charge < -0.3 is 14.2 Å². The lowest BCUT2D eigenvalue weighted by molar-refractivity contribution is -0.156. The summed E-state index contributed by atoms with van der Waals surface area (Å²) in [6.07, 6.45) is 1.85. The largest absolute Gasteiger partial charge is 0.462 e. The van der Waals surface area contributed by atoms with Gasteiger partial charge in [-0.05, 0) is 0 Å². The van der Waals surface area contributed by atoms with Crippen LogP contribution in [0.15, 0.2) is 11.8 Å². The monoisotopic (exact) mass is 212 g/mol. The molecule has 2 fully saturated rings. The van der Waals surface area contributed by atoms with Gasteiger partial charge in [-0.25, -0.2) is 4.79 Å². The molecule has 2 saturated heterocycles. The highest BCUT2D eigenvalue weighted by Crippen LogP contribution is 2.22. The number of hydrogen-bond acceptors (Lipinski definition) is 5. The summed E-state index contributed by atoms with van der Waals surface area (Å²) >= 11 is 0. The highest BCUT2D eigenvalue weighted by Gasteiger charge is 2.32. The third-order valence-corrected chi connectivity index (χ3v) is 2.42. The molecule has 0 aromatic heterocycles. The zero-order valence-corrected chi connectivity index (χ0v) is 8.39. The van der Waals surface area contributed by atoms with E-state index in [1.807, 2.05) is 0 Å². The lowest BCUT2D eigenvalue weighted by atomic mass is 10.1. The average molecular weight is 212 g/mol. The third-order valence-electron chi connectivity index (χ3n) is 2.42. The summed E-state index contributed by atoms with van der Waals surface area (Å²) in [5.74, 6) is -0.747. The molecule has 5 heteroatoms. The Labute approximate surface area is 87.0 Å². The van der Waals surface area contributed by atoms with E-state index in [9.17, 15) is 9.59 Å². The maximum Gasteiger partial charge on any atom is 0.337 e. The summed E-state index contributed by atoms with van der Waals surface area (Å²) in [5, 5.41) is 0. The number of esters is 2. The Morgan fingerprint density at radius 3 is 2.80 bits per heavy atom. The van der Waals surface area contributed by atoms with Gasteiger partial charge in [-0.1, -0.05) is 6.92 Å². The highest BCUT2D eigenvalue weighted by atomic mass is 16.7. The van der Waals surface area contributed by atoms with E-state index in [2.05, 4.69) is 0 Å². The van der Waals surface area contributed by atoms with Gasteiger partial charge in [0.15, 0.2) is 0 Å². The topological polar surface area (TPSA) is 61.8 Å². The Morgan fingerprint density at radius 1 is 1.47 bits per heavy atom. The summed E-state index contributed by atoms with van der Waals surface area (Å²) in [5.41, 5.74) is 0.491. The number of hydrogen-bond donors (Lipinski definition) is 0. The Hall–Kier alpha value is -1.52. The average Bonchev–Trinajstić information content (AvgIpc) is 2.72. The molecule has 2 aliphatic rings. The SMILES string of the molecule is CC1CC(OC=C2CCOC2=O)OC1=O. The van der Waals surface area contributed by atoms with Crippen molar-refractivity contribution in [3.05, 3.63) is 11.8 Å². The molecule has 2 aliphatic heterocycles. The first-order valence-corrected chi connectivity index (χ1v) is 4.89. The number of carbonyl (C=O) groups is 2. The van der Waals surface area contributed by atoms with E-state index in [1.54, 1.807) is 6.92 Å². The van der Waals surface area contributed by atoms with Crippen LogP contribution in [0.4, 0.5) is 0 Å². The van der Waals surface area contributed by atoms with Crippen LogP contribution in [0.5, 0.6) is 0 Å². The van der Waals surface area contributed by atoms with Gasteiger partial charge in [-0.15, -0.1) is 0 Å². The molecule has 5 nitrogen and oxygen atoms in total. The molecule has 15 heavy (non-hydrogen) atoms. The summed E-state index contributed by atoms with van der Waals surface area (Å²) < 4.78 is 14.8. The molecule has 2 heterocycles. The second-order valence-corrected chi connectivity index (χ2v) is 3.67. The van der Waals surface area contributed by atoms with Crippen molar-refractivity contribution in [1.82, 2.24) is 0 Å². The van der Waals surface area contributed by atoms with Crippen molar-refractivity contribution >= 4 is 11.9 Å². The second kappa shape index (κ2) is 3.92. The van der Waals surface area contributed by atoms with Crippen molar-refractivity contribution in [3.8, 4) is 0 Å². The number of rotatable bonds is 2. The van der Waals surface area contributed by atoms with E-state index in [0.29, 0.717) is 25.0 Å². The first-order valence-electron chi connectivity index (χ1n) is 4.89. The minimum Gasteiger partial charge on any atom is -0.462 e. The summed E-state index contributed by atoms with van der Waals surface area (Å²) in [6, 6.07) is 0. The predicted octanol–water partition coefficient (Wildman–Crippen LogP) is 0.743. The molecule has 0 spiro atoms. The standard InChI is InChI=1S/C10H12O5/c1-6-4-8(15-9(6)11)14-5-7-2-3-13-10(7)12/h5-6,8H,2-4H2,1H3. The zero-order valence-electron chi connectivity index (χ0n) is 8.39. The van der Waals surface area contributed by atoms with Gasteiger partial charge in [0, 0.05) is 12.8 Å². The van der Waals surface area contributed by atoms with Gasteiger partial charge in [0.2, 0.25) is 6.29 Å². The van der Waals surface area contributed by atoms with E-state index >= 15 is 0 Å². The Morgan fingerprint density at radius 2 is 2.27 bits per heavy atom. The summed E-state index contributed by atoms with van der Waals surface area (Å²) in [6.45, 7) is 2.18. The number of ether oxygens (including phenoxy) is 3. The molecule has 0 aliphatic carbocycles. The first kappa shape index (κ1) is 10.0. The minimum atomic E-state index is -0.562. The Kier molecular flexibility index (Phi) is 2.62. The van der Waals surface area contributed by atoms with Crippen LogP contribution in [-0.2, 0) is 23.8 Å².